The molecule has 4 aliphatic rings. The molecule has 2 saturated carbocycles. The van der Waals surface area contributed by atoms with Crippen molar-refractivity contribution in [3.63, 3.8) is 0 Å². The summed E-state index contributed by atoms with van der Waals surface area (Å²) < 4.78 is 0. The second-order valence-electron chi connectivity index (χ2n) is 6.57. The lowest BCUT2D eigenvalue weighted by molar-refractivity contribution is -0.123. The Morgan fingerprint density at radius 1 is 1.14 bits per heavy atom. The zero-order valence-electron chi connectivity index (χ0n) is 11.2. The minimum atomic E-state index is -0.184. The average Bonchev–Trinajstić information content (AvgIpc) is 3.05. The van der Waals surface area contributed by atoms with Crippen LogP contribution in [0.5, 0.6) is 0 Å². The Hall–Kier alpha value is -1.68. The first-order chi connectivity index (χ1) is 10.1. The van der Waals surface area contributed by atoms with E-state index in [1.54, 1.807) is 12.1 Å². The first kappa shape index (κ1) is 11.9. The number of allylic oxidation sites excluding steroid dienone is 2. The number of anilines is 1. The van der Waals surface area contributed by atoms with Gasteiger partial charge in [0.25, 0.3) is 0 Å². The molecule has 1 aromatic rings. The van der Waals surface area contributed by atoms with E-state index in [4.69, 9.17) is 11.6 Å². The normalized spacial score (nSPS) is 37.7. The molecule has 2 amide bonds. The third kappa shape index (κ3) is 1.26. The van der Waals surface area contributed by atoms with Crippen LogP contribution in [0, 0.1) is 29.1 Å². The maximum absolute atomic E-state index is 12.8. The summed E-state index contributed by atoms with van der Waals surface area (Å²) >= 11 is 5.96. The van der Waals surface area contributed by atoms with Gasteiger partial charge in [-0.05, 0) is 36.2 Å². The molecule has 2 heterocycles. The molecule has 0 aromatic carbocycles. The van der Waals surface area contributed by atoms with Gasteiger partial charge in [0.05, 0.1) is 11.8 Å². The molecule has 4 nitrogen and oxygen atoms in total. The highest BCUT2D eigenvalue weighted by Gasteiger charge is 2.73. The van der Waals surface area contributed by atoms with Gasteiger partial charge < -0.3 is 0 Å². The van der Waals surface area contributed by atoms with Crippen molar-refractivity contribution in [1.82, 2.24) is 4.98 Å². The molecule has 5 heteroatoms. The van der Waals surface area contributed by atoms with Crippen LogP contribution in [0.1, 0.15) is 12.8 Å². The van der Waals surface area contributed by atoms with E-state index in [1.807, 2.05) is 0 Å². The lowest BCUT2D eigenvalue weighted by Gasteiger charge is -2.21. The zero-order valence-corrected chi connectivity index (χ0v) is 12.0. The van der Waals surface area contributed by atoms with Crippen molar-refractivity contribution < 1.29 is 9.59 Å². The molecule has 0 radical (unpaired) electrons. The summed E-state index contributed by atoms with van der Waals surface area (Å²) in [4.78, 5) is 31.0. The van der Waals surface area contributed by atoms with Crippen LogP contribution >= 0.6 is 11.6 Å². The van der Waals surface area contributed by atoms with Gasteiger partial charge in [-0.25, -0.2) is 9.88 Å². The van der Waals surface area contributed by atoms with Crippen molar-refractivity contribution in [2.24, 2.45) is 29.1 Å². The predicted molar refractivity (Wildman–Crippen MR) is 76.5 cm³/mol. The van der Waals surface area contributed by atoms with Crippen molar-refractivity contribution in [3.05, 3.63) is 35.5 Å². The lowest BCUT2D eigenvalue weighted by atomic mass is 9.85. The number of carbonyl (C=O) groups excluding carboxylic acids is 2. The lowest BCUT2D eigenvalue weighted by Crippen LogP contribution is -2.35. The van der Waals surface area contributed by atoms with E-state index in [-0.39, 0.29) is 40.9 Å². The van der Waals surface area contributed by atoms with E-state index in [2.05, 4.69) is 17.1 Å². The number of nitrogens with zero attached hydrogens (tertiary/aromatic N) is 2. The van der Waals surface area contributed by atoms with E-state index < -0.39 is 0 Å². The number of carbonyl (C=O) groups is 2. The van der Waals surface area contributed by atoms with Crippen LogP contribution in [-0.2, 0) is 9.59 Å². The minimum Gasteiger partial charge on any atom is -0.274 e. The molecule has 1 saturated heterocycles. The second-order valence-corrected chi connectivity index (χ2v) is 7.00. The third-order valence-corrected chi connectivity index (χ3v) is 6.02. The SMILES string of the molecule is O=C1[C@H]2[C@H](C(=O)N1c1cc(Cl)ccn1)[C@H]1C=C[C@H]2C12CC2. The monoisotopic (exact) mass is 300 g/mol. The predicted octanol–water partition coefficient (Wildman–Crippen LogP) is 2.44. The van der Waals surface area contributed by atoms with Gasteiger partial charge in [-0.3, -0.25) is 9.59 Å². The van der Waals surface area contributed by atoms with Crippen LogP contribution in [0.15, 0.2) is 30.5 Å². The minimum absolute atomic E-state index is 0.0945. The molecule has 4 atom stereocenters. The molecule has 3 aliphatic carbocycles. The Balaban J connectivity index is 1.59. The van der Waals surface area contributed by atoms with Crippen LogP contribution in [-0.4, -0.2) is 16.8 Å². The van der Waals surface area contributed by atoms with Gasteiger partial charge in [0.15, 0.2) is 0 Å². The van der Waals surface area contributed by atoms with Gasteiger partial charge >= 0.3 is 0 Å². The van der Waals surface area contributed by atoms with E-state index >= 15 is 0 Å². The molecule has 0 unspecified atom stereocenters. The highest BCUT2D eigenvalue weighted by Crippen LogP contribution is 2.73. The molecule has 21 heavy (non-hydrogen) atoms. The van der Waals surface area contributed by atoms with E-state index in [9.17, 15) is 9.59 Å². The Labute approximate surface area is 126 Å². The molecule has 1 spiro atoms. The van der Waals surface area contributed by atoms with Crippen molar-refractivity contribution in [1.29, 1.82) is 0 Å². The Kier molecular flexibility index (Phi) is 2.02. The average molecular weight is 301 g/mol. The molecular weight excluding hydrogens is 288 g/mol. The number of hydrogen-bond acceptors (Lipinski definition) is 3. The Bertz CT molecular complexity index is 691. The van der Waals surface area contributed by atoms with Crippen molar-refractivity contribution in [3.8, 4) is 0 Å². The van der Waals surface area contributed by atoms with E-state index in [0.29, 0.717) is 10.8 Å². The largest absolute Gasteiger partial charge is 0.274 e. The molecular formula is C16H13ClN2O2. The number of pyridine rings is 1. The fourth-order valence-corrected chi connectivity index (χ4v) is 4.97. The van der Waals surface area contributed by atoms with Gasteiger partial charge in [-0.15, -0.1) is 0 Å². The molecule has 2 bridgehead atoms. The van der Waals surface area contributed by atoms with Gasteiger partial charge in [0.1, 0.15) is 5.82 Å². The zero-order chi connectivity index (χ0) is 14.4. The maximum atomic E-state index is 12.8. The van der Waals surface area contributed by atoms with E-state index in [1.165, 1.54) is 11.1 Å². The summed E-state index contributed by atoms with van der Waals surface area (Å²) in [5.74, 6) is 0.287. The Morgan fingerprint density at radius 2 is 1.76 bits per heavy atom. The molecule has 0 N–H and O–H groups in total. The summed E-state index contributed by atoms with van der Waals surface area (Å²) in [6.45, 7) is 0. The summed E-state index contributed by atoms with van der Waals surface area (Å²) in [6, 6.07) is 3.22. The Morgan fingerprint density at radius 3 is 2.29 bits per heavy atom. The summed E-state index contributed by atoms with van der Waals surface area (Å²) in [5, 5.41) is 0.484. The van der Waals surface area contributed by atoms with Crippen molar-refractivity contribution >= 4 is 29.2 Å². The highest BCUT2D eigenvalue weighted by atomic mass is 35.5. The first-order valence-electron chi connectivity index (χ1n) is 7.31. The summed E-state index contributed by atoms with van der Waals surface area (Å²) in [7, 11) is 0. The second kappa shape index (κ2) is 3.55. The number of hydrogen-bond donors (Lipinski definition) is 0. The number of halogens is 1. The first-order valence-corrected chi connectivity index (χ1v) is 7.69. The van der Waals surface area contributed by atoms with Gasteiger partial charge in [-0.1, -0.05) is 23.8 Å². The van der Waals surface area contributed by atoms with Crippen LogP contribution in [0.4, 0.5) is 5.82 Å². The number of amides is 2. The summed E-state index contributed by atoms with van der Waals surface area (Å²) in [5.41, 5.74) is 0.231. The topological polar surface area (TPSA) is 50.3 Å². The fourth-order valence-electron chi connectivity index (χ4n) is 4.82. The number of fused-ring (bicyclic) bond motifs is 3. The van der Waals surface area contributed by atoms with Crippen LogP contribution in [0.2, 0.25) is 5.02 Å². The number of rotatable bonds is 1. The summed E-state index contributed by atoms with van der Waals surface area (Å²) in [6.07, 6.45) is 8.16. The molecule has 5 rings (SSSR count). The third-order valence-electron chi connectivity index (χ3n) is 5.79. The van der Waals surface area contributed by atoms with Gasteiger partial charge in [0, 0.05) is 17.3 Å². The van der Waals surface area contributed by atoms with Crippen LogP contribution in [0.25, 0.3) is 0 Å². The highest BCUT2D eigenvalue weighted by molar-refractivity contribution is 6.31. The van der Waals surface area contributed by atoms with Crippen molar-refractivity contribution in [2.45, 2.75) is 12.8 Å². The standard InChI is InChI=1S/C16H13ClN2O2/c17-8-3-6-18-11(7-8)19-14(20)12-9-1-2-10(13(12)15(19)21)16(9)4-5-16/h1-3,6-7,9-10,12-13H,4-5H2/t9-,10-,12-,13-/m1/s1. The molecule has 1 aromatic heterocycles. The molecule has 106 valence electrons. The fraction of sp³-hybridized carbons (Fsp3) is 0.438. The maximum Gasteiger partial charge on any atom is 0.239 e. The number of imide groups is 1. The van der Waals surface area contributed by atoms with Gasteiger partial charge in [0.2, 0.25) is 11.8 Å². The molecule has 1 aliphatic heterocycles. The van der Waals surface area contributed by atoms with Gasteiger partial charge in [-0.2, -0.15) is 0 Å². The van der Waals surface area contributed by atoms with Crippen LogP contribution < -0.4 is 4.90 Å². The number of aromatic nitrogens is 1. The van der Waals surface area contributed by atoms with Crippen LogP contribution in [0.3, 0.4) is 0 Å². The van der Waals surface area contributed by atoms with Crippen molar-refractivity contribution in [2.75, 3.05) is 4.90 Å². The molecule has 3 fully saturated rings. The smallest absolute Gasteiger partial charge is 0.239 e. The van der Waals surface area contributed by atoms with E-state index in [0.717, 1.165) is 12.8 Å². The quantitative estimate of drug-likeness (QED) is 0.591.